The molecule has 86 valence electrons. The van der Waals surface area contributed by atoms with E-state index in [0.717, 1.165) is 22.5 Å². The average Bonchev–Trinajstić information content (AvgIpc) is 2.58. The summed E-state index contributed by atoms with van der Waals surface area (Å²) >= 11 is 0. The molecule has 1 aliphatic rings. The molecule has 3 rings (SSSR count). The predicted octanol–water partition coefficient (Wildman–Crippen LogP) is 2.51. The second-order valence-electron chi connectivity index (χ2n) is 3.94. The van der Waals surface area contributed by atoms with Crippen molar-refractivity contribution in [2.45, 2.75) is 0 Å². The lowest BCUT2D eigenvalue weighted by atomic mass is 10.0. The molecule has 0 saturated carbocycles. The first-order valence-corrected chi connectivity index (χ1v) is 5.64. The molecule has 0 saturated heterocycles. The third-order valence-electron chi connectivity index (χ3n) is 2.75. The van der Waals surface area contributed by atoms with Gasteiger partial charge in [0.15, 0.2) is 0 Å². The van der Waals surface area contributed by atoms with Crippen molar-refractivity contribution in [3.8, 4) is 0 Å². The fraction of sp³-hybridized carbons (Fsp3) is 0. The molecule has 3 nitrogen and oxygen atoms in total. The molecule has 2 radical (unpaired) electrons. The Hall–Kier alpha value is -2.42. The standard InChI is InChI=1S/C15H10N2O/c18-14-10-16-15(11-6-2-1-3-7-11)12-8-4-5-9-13(12)17-14/h1-9H,(H,17,18). The zero-order valence-corrected chi connectivity index (χ0v) is 9.55. The molecule has 18 heavy (non-hydrogen) atoms. The minimum Gasteiger partial charge on any atom is -0.323 e. The molecule has 1 N–H and O–H groups in total. The van der Waals surface area contributed by atoms with Crippen LogP contribution in [0.1, 0.15) is 11.1 Å². The number of fused-ring (bicyclic) bond motifs is 1. The molecule has 0 atom stereocenters. The SMILES string of the molecule is O=C1[C]N=C(c2ccccc2)c2ccccc2N1. The van der Waals surface area contributed by atoms with Gasteiger partial charge in [0.1, 0.15) is 0 Å². The number of amides is 1. The maximum Gasteiger partial charge on any atom is 0.258 e. The van der Waals surface area contributed by atoms with Crippen LogP contribution in [-0.4, -0.2) is 11.6 Å². The number of hydrogen-bond donors (Lipinski definition) is 1. The molecule has 0 bridgehead atoms. The van der Waals surface area contributed by atoms with Crippen LogP contribution in [0.4, 0.5) is 5.69 Å². The Morgan fingerprint density at radius 1 is 0.944 bits per heavy atom. The summed E-state index contributed by atoms with van der Waals surface area (Å²) in [5.41, 5.74) is 3.38. The Bertz CT molecular complexity index is 617. The zero-order chi connectivity index (χ0) is 12.4. The first-order chi connectivity index (χ1) is 8.84. The average molecular weight is 234 g/mol. The molecule has 0 aliphatic carbocycles. The topological polar surface area (TPSA) is 41.5 Å². The van der Waals surface area contributed by atoms with Gasteiger partial charge in [0, 0.05) is 11.1 Å². The van der Waals surface area contributed by atoms with Crippen molar-refractivity contribution in [1.82, 2.24) is 0 Å². The summed E-state index contributed by atoms with van der Waals surface area (Å²) in [6.07, 6.45) is 0. The second-order valence-corrected chi connectivity index (χ2v) is 3.94. The van der Waals surface area contributed by atoms with Gasteiger partial charge in [-0.3, -0.25) is 9.79 Å². The van der Waals surface area contributed by atoms with Crippen LogP contribution in [0.3, 0.4) is 0 Å². The summed E-state index contributed by atoms with van der Waals surface area (Å²) in [5.74, 6) is -0.326. The minimum absolute atomic E-state index is 0.326. The predicted molar refractivity (Wildman–Crippen MR) is 70.4 cm³/mol. The quantitative estimate of drug-likeness (QED) is 0.809. The smallest absolute Gasteiger partial charge is 0.258 e. The second kappa shape index (κ2) is 4.45. The van der Waals surface area contributed by atoms with Gasteiger partial charge in [0.2, 0.25) is 6.54 Å². The number of anilines is 1. The molecule has 0 fully saturated rings. The van der Waals surface area contributed by atoms with Crippen molar-refractivity contribution < 1.29 is 4.79 Å². The van der Waals surface area contributed by atoms with E-state index in [1.807, 2.05) is 54.6 Å². The minimum atomic E-state index is -0.326. The van der Waals surface area contributed by atoms with E-state index in [9.17, 15) is 4.79 Å². The maximum atomic E-state index is 11.5. The highest BCUT2D eigenvalue weighted by Crippen LogP contribution is 2.22. The Kier molecular flexibility index (Phi) is 2.65. The molecule has 1 amide bonds. The highest BCUT2D eigenvalue weighted by atomic mass is 16.1. The van der Waals surface area contributed by atoms with Crippen LogP contribution in [0.15, 0.2) is 59.6 Å². The van der Waals surface area contributed by atoms with E-state index in [1.54, 1.807) is 0 Å². The van der Waals surface area contributed by atoms with E-state index in [2.05, 4.69) is 16.9 Å². The van der Waals surface area contributed by atoms with Gasteiger partial charge in [-0.2, -0.15) is 0 Å². The molecule has 1 aliphatic heterocycles. The molecule has 0 unspecified atom stereocenters. The summed E-state index contributed by atoms with van der Waals surface area (Å²) in [5, 5.41) is 2.76. The zero-order valence-electron chi connectivity index (χ0n) is 9.55. The van der Waals surface area contributed by atoms with Crippen molar-refractivity contribution in [2.75, 3.05) is 5.32 Å². The van der Waals surface area contributed by atoms with Gasteiger partial charge in [-0.1, -0.05) is 48.5 Å². The summed E-state index contributed by atoms with van der Waals surface area (Å²) in [6, 6.07) is 17.4. The summed E-state index contributed by atoms with van der Waals surface area (Å²) < 4.78 is 0. The Labute approximate surface area is 105 Å². The number of carbonyl (C=O) groups excluding carboxylic acids is 1. The van der Waals surface area contributed by atoms with Crippen LogP contribution >= 0.6 is 0 Å². The maximum absolute atomic E-state index is 11.5. The van der Waals surface area contributed by atoms with Crippen LogP contribution in [0.5, 0.6) is 0 Å². The van der Waals surface area contributed by atoms with Crippen LogP contribution < -0.4 is 5.32 Å². The largest absolute Gasteiger partial charge is 0.323 e. The van der Waals surface area contributed by atoms with Crippen molar-refractivity contribution in [1.29, 1.82) is 0 Å². The highest BCUT2D eigenvalue weighted by molar-refractivity contribution is 6.20. The lowest BCUT2D eigenvalue weighted by molar-refractivity contribution is -0.113. The first-order valence-electron chi connectivity index (χ1n) is 5.64. The summed E-state index contributed by atoms with van der Waals surface area (Å²) in [4.78, 5) is 15.7. The Balaban J connectivity index is 2.17. The van der Waals surface area contributed by atoms with E-state index in [1.165, 1.54) is 0 Å². The Morgan fingerprint density at radius 3 is 2.50 bits per heavy atom. The van der Waals surface area contributed by atoms with Crippen LogP contribution in [0.25, 0.3) is 0 Å². The van der Waals surface area contributed by atoms with Crippen LogP contribution in [0.2, 0.25) is 0 Å². The molecule has 0 aromatic heterocycles. The fourth-order valence-electron chi connectivity index (χ4n) is 1.93. The molecule has 2 aromatic carbocycles. The number of nitrogens with zero attached hydrogens (tertiary/aromatic N) is 1. The monoisotopic (exact) mass is 234 g/mol. The molecular formula is C15H10N2O. The number of benzodiazepines with no additional fused rings is 1. The summed E-state index contributed by atoms with van der Waals surface area (Å²) in [6.45, 7) is 2.48. The van der Waals surface area contributed by atoms with E-state index >= 15 is 0 Å². The van der Waals surface area contributed by atoms with Crippen molar-refractivity contribution in [3.63, 3.8) is 0 Å². The molecular weight excluding hydrogens is 224 g/mol. The lowest BCUT2D eigenvalue weighted by Gasteiger charge is -2.09. The number of nitrogens with one attached hydrogen (secondary N) is 1. The number of para-hydroxylation sites is 1. The normalized spacial score (nSPS) is 14.2. The molecule has 3 heteroatoms. The van der Waals surface area contributed by atoms with E-state index < -0.39 is 0 Å². The lowest BCUT2D eigenvalue weighted by Crippen LogP contribution is -2.10. The van der Waals surface area contributed by atoms with Gasteiger partial charge in [0.25, 0.3) is 5.91 Å². The number of rotatable bonds is 1. The van der Waals surface area contributed by atoms with E-state index in [-0.39, 0.29) is 5.91 Å². The molecule has 0 spiro atoms. The number of carbonyl (C=O) groups is 1. The summed E-state index contributed by atoms with van der Waals surface area (Å²) in [7, 11) is 0. The van der Waals surface area contributed by atoms with Crippen molar-refractivity contribution >= 4 is 17.3 Å². The third-order valence-corrected chi connectivity index (χ3v) is 2.75. The van der Waals surface area contributed by atoms with E-state index in [0.29, 0.717) is 0 Å². The molecule has 2 aromatic rings. The van der Waals surface area contributed by atoms with Crippen molar-refractivity contribution in [2.24, 2.45) is 4.99 Å². The van der Waals surface area contributed by atoms with Gasteiger partial charge < -0.3 is 5.32 Å². The van der Waals surface area contributed by atoms with E-state index in [4.69, 9.17) is 0 Å². The van der Waals surface area contributed by atoms with Gasteiger partial charge in [0.05, 0.1) is 11.4 Å². The number of aliphatic imine (C=N–C) groups is 1. The molecule has 1 heterocycles. The van der Waals surface area contributed by atoms with Gasteiger partial charge in [-0.25, -0.2) is 0 Å². The first kappa shape index (κ1) is 10.7. The number of hydrogen-bond acceptors (Lipinski definition) is 2. The van der Waals surface area contributed by atoms with Gasteiger partial charge in [-0.15, -0.1) is 0 Å². The van der Waals surface area contributed by atoms with Gasteiger partial charge in [-0.05, 0) is 6.07 Å². The van der Waals surface area contributed by atoms with Gasteiger partial charge >= 0.3 is 0 Å². The Morgan fingerprint density at radius 2 is 1.67 bits per heavy atom. The number of benzene rings is 2. The van der Waals surface area contributed by atoms with Crippen LogP contribution in [0, 0.1) is 6.54 Å². The van der Waals surface area contributed by atoms with Crippen LogP contribution in [-0.2, 0) is 4.79 Å². The highest BCUT2D eigenvalue weighted by Gasteiger charge is 2.17. The third kappa shape index (κ3) is 1.91. The fourth-order valence-corrected chi connectivity index (χ4v) is 1.93. The van der Waals surface area contributed by atoms with Crippen molar-refractivity contribution in [3.05, 3.63) is 72.3 Å².